The second-order valence-corrected chi connectivity index (χ2v) is 10.8. The first-order valence-electron chi connectivity index (χ1n) is 10.9. The number of nitrogens with zero attached hydrogens (tertiary/aromatic N) is 1. The lowest BCUT2D eigenvalue weighted by molar-refractivity contribution is -0.118. The molecule has 2 fully saturated rings. The summed E-state index contributed by atoms with van der Waals surface area (Å²) in [5.74, 6) is -0.172. The fraction of sp³-hybridized carbons (Fsp3) is 0.478. The van der Waals surface area contributed by atoms with Crippen LogP contribution in [0.2, 0.25) is 0 Å². The average Bonchev–Trinajstić information content (AvgIpc) is 3.50. The molecule has 32 heavy (non-hydrogen) atoms. The molecule has 0 radical (unpaired) electrons. The quantitative estimate of drug-likeness (QED) is 0.408. The summed E-state index contributed by atoms with van der Waals surface area (Å²) in [4.78, 5) is 24.1. The number of benzene rings is 2. The van der Waals surface area contributed by atoms with Gasteiger partial charge in [0.2, 0.25) is 5.91 Å². The van der Waals surface area contributed by atoms with E-state index < -0.39 is 21.7 Å². The molecule has 1 heterocycles. The van der Waals surface area contributed by atoms with Gasteiger partial charge < -0.3 is 9.64 Å². The number of halogens is 1. The molecule has 7 nitrogen and oxygen atoms in total. The monoisotopic (exact) mass is 462 g/mol. The van der Waals surface area contributed by atoms with E-state index in [1.165, 1.54) is 11.0 Å². The van der Waals surface area contributed by atoms with E-state index in [1.54, 1.807) is 24.3 Å². The molecule has 9 heteroatoms. The zero-order valence-electron chi connectivity index (χ0n) is 17.8. The van der Waals surface area contributed by atoms with Crippen LogP contribution >= 0.6 is 0 Å². The van der Waals surface area contributed by atoms with Crippen molar-refractivity contribution in [1.29, 1.82) is 0 Å². The van der Waals surface area contributed by atoms with Crippen molar-refractivity contribution in [1.82, 2.24) is 10.2 Å². The summed E-state index contributed by atoms with van der Waals surface area (Å²) in [6.45, 7) is 0.965. The third kappa shape index (κ3) is 5.56. The maximum atomic E-state index is 14.4. The van der Waals surface area contributed by atoms with Crippen molar-refractivity contribution >= 4 is 32.5 Å². The zero-order chi connectivity index (χ0) is 22.7. The molecule has 1 saturated heterocycles. The van der Waals surface area contributed by atoms with Crippen molar-refractivity contribution in [2.45, 2.75) is 37.9 Å². The van der Waals surface area contributed by atoms with Gasteiger partial charge >= 0.3 is 6.03 Å². The number of sulfone groups is 1. The molecule has 0 aromatic heterocycles. The van der Waals surface area contributed by atoms with Gasteiger partial charge in [-0.3, -0.25) is 10.1 Å². The number of amides is 3. The van der Waals surface area contributed by atoms with Crippen LogP contribution < -0.4 is 10.1 Å². The molecule has 4 rings (SSSR count). The molecule has 0 unspecified atom stereocenters. The van der Waals surface area contributed by atoms with Crippen molar-refractivity contribution in [3.8, 4) is 5.75 Å². The number of hydrogen-bond acceptors (Lipinski definition) is 5. The second-order valence-electron chi connectivity index (χ2n) is 8.57. The first-order valence-corrected chi connectivity index (χ1v) is 12.8. The number of carbonyl (C=O) groups is 2. The Kier molecular flexibility index (Phi) is 6.64. The third-order valence-corrected chi connectivity index (χ3v) is 7.50. The molecule has 0 atom stereocenters. The van der Waals surface area contributed by atoms with Gasteiger partial charge in [0.1, 0.15) is 6.54 Å². The normalized spacial score (nSPS) is 16.6. The molecule has 2 aromatic carbocycles. The standard InChI is InChI=1S/C23H27FN2O5S/c24-20-10-9-18-17(5-4-6-19(18)22(20)31-14-16-7-8-16)15-32(29,30)12-3-1-2-11-26-13-21(27)25-23(26)28/h4-6,9-10,16H,1-3,7-8,11-15H2,(H,25,27,28). The van der Waals surface area contributed by atoms with E-state index in [0.29, 0.717) is 54.7 Å². The molecule has 1 aliphatic heterocycles. The number of hydrogen-bond donors (Lipinski definition) is 1. The highest BCUT2D eigenvalue weighted by atomic mass is 32.2. The SMILES string of the molecule is O=C1CN(CCCCCS(=O)(=O)Cc2cccc3c(OCC4CC4)c(F)ccc23)C(=O)N1. The van der Waals surface area contributed by atoms with Gasteiger partial charge in [0, 0.05) is 11.9 Å². The van der Waals surface area contributed by atoms with Gasteiger partial charge in [0.15, 0.2) is 21.4 Å². The Labute approximate surface area is 186 Å². The number of urea groups is 1. The second kappa shape index (κ2) is 9.44. The van der Waals surface area contributed by atoms with Gasteiger partial charge in [-0.25, -0.2) is 17.6 Å². The predicted octanol–water partition coefficient (Wildman–Crippen LogP) is 3.40. The highest BCUT2D eigenvalue weighted by molar-refractivity contribution is 7.90. The molecule has 1 aliphatic carbocycles. The maximum absolute atomic E-state index is 14.4. The summed E-state index contributed by atoms with van der Waals surface area (Å²) < 4.78 is 45.5. The molecule has 2 aromatic rings. The van der Waals surface area contributed by atoms with Gasteiger partial charge in [-0.1, -0.05) is 30.7 Å². The van der Waals surface area contributed by atoms with E-state index in [1.807, 2.05) is 0 Å². The van der Waals surface area contributed by atoms with Crippen molar-refractivity contribution in [3.63, 3.8) is 0 Å². The lowest BCUT2D eigenvalue weighted by Crippen LogP contribution is -2.29. The van der Waals surface area contributed by atoms with E-state index in [0.717, 1.165) is 12.8 Å². The third-order valence-electron chi connectivity index (χ3n) is 5.84. The van der Waals surface area contributed by atoms with Gasteiger partial charge in [0.05, 0.1) is 18.1 Å². The summed E-state index contributed by atoms with van der Waals surface area (Å²) in [6.07, 6.45) is 3.93. The molecule has 0 spiro atoms. The Bertz CT molecular complexity index is 1130. The molecule has 2 aliphatic rings. The minimum atomic E-state index is -3.37. The topological polar surface area (TPSA) is 92.8 Å². The number of nitrogens with one attached hydrogen (secondary N) is 1. The molecular formula is C23H27FN2O5S. The predicted molar refractivity (Wildman–Crippen MR) is 119 cm³/mol. The van der Waals surface area contributed by atoms with Crippen molar-refractivity contribution < 1.29 is 27.1 Å². The summed E-state index contributed by atoms with van der Waals surface area (Å²) in [5.41, 5.74) is 0.631. The Hall–Kier alpha value is -2.68. The first kappa shape index (κ1) is 22.5. The van der Waals surface area contributed by atoms with E-state index in [4.69, 9.17) is 4.74 Å². The molecule has 3 amide bonds. The van der Waals surface area contributed by atoms with Crippen LogP contribution in [-0.2, 0) is 20.4 Å². The van der Waals surface area contributed by atoms with Crippen LogP contribution in [-0.4, -0.2) is 50.7 Å². The van der Waals surface area contributed by atoms with Gasteiger partial charge in [-0.2, -0.15) is 0 Å². The van der Waals surface area contributed by atoms with Crippen LogP contribution in [0.5, 0.6) is 5.75 Å². The minimum Gasteiger partial charge on any atom is -0.490 e. The van der Waals surface area contributed by atoms with Crippen LogP contribution in [0.15, 0.2) is 30.3 Å². The molecule has 0 bridgehead atoms. The molecular weight excluding hydrogens is 435 g/mol. The Morgan fingerprint density at radius 3 is 2.59 bits per heavy atom. The molecule has 172 valence electrons. The summed E-state index contributed by atoms with van der Waals surface area (Å²) in [6, 6.07) is 7.80. The smallest absolute Gasteiger partial charge is 0.324 e. The molecule has 1 saturated carbocycles. The van der Waals surface area contributed by atoms with Crippen LogP contribution in [0.3, 0.4) is 0 Å². The van der Waals surface area contributed by atoms with Crippen molar-refractivity contribution in [2.24, 2.45) is 5.92 Å². The lowest BCUT2D eigenvalue weighted by Gasteiger charge is -2.14. The van der Waals surface area contributed by atoms with Gasteiger partial charge in [-0.05, 0) is 48.6 Å². The largest absolute Gasteiger partial charge is 0.490 e. The van der Waals surface area contributed by atoms with Crippen LogP contribution in [0, 0.1) is 11.7 Å². The summed E-state index contributed by atoms with van der Waals surface area (Å²) in [7, 11) is -3.37. The number of carbonyl (C=O) groups excluding carboxylic acids is 2. The fourth-order valence-corrected chi connectivity index (χ4v) is 5.41. The number of rotatable bonds is 11. The maximum Gasteiger partial charge on any atom is 0.324 e. The number of imide groups is 1. The summed E-state index contributed by atoms with van der Waals surface area (Å²) >= 11 is 0. The fourth-order valence-electron chi connectivity index (χ4n) is 3.90. The number of fused-ring (bicyclic) bond motifs is 1. The van der Waals surface area contributed by atoms with Crippen molar-refractivity contribution in [3.05, 3.63) is 41.7 Å². The Morgan fingerprint density at radius 1 is 1.06 bits per heavy atom. The lowest BCUT2D eigenvalue weighted by atomic mass is 10.0. The Balaban J connectivity index is 1.35. The minimum absolute atomic E-state index is 0.0285. The van der Waals surface area contributed by atoms with Gasteiger partial charge in [-0.15, -0.1) is 0 Å². The molecule has 1 N–H and O–H groups in total. The van der Waals surface area contributed by atoms with Crippen LogP contribution in [0.25, 0.3) is 10.8 Å². The highest BCUT2D eigenvalue weighted by Crippen LogP contribution is 2.35. The zero-order valence-corrected chi connectivity index (χ0v) is 18.6. The van der Waals surface area contributed by atoms with Crippen LogP contribution in [0.4, 0.5) is 9.18 Å². The Morgan fingerprint density at radius 2 is 1.88 bits per heavy atom. The highest BCUT2D eigenvalue weighted by Gasteiger charge is 2.26. The summed E-state index contributed by atoms with van der Waals surface area (Å²) in [5, 5.41) is 3.50. The van der Waals surface area contributed by atoms with Gasteiger partial charge in [0.25, 0.3) is 0 Å². The van der Waals surface area contributed by atoms with Crippen LogP contribution in [0.1, 0.15) is 37.7 Å². The van der Waals surface area contributed by atoms with E-state index in [2.05, 4.69) is 5.32 Å². The van der Waals surface area contributed by atoms with Crippen molar-refractivity contribution in [2.75, 3.05) is 25.4 Å². The number of unbranched alkanes of at least 4 members (excludes halogenated alkanes) is 2. The van der Waals surface area contributed by atoms with E-state index >= 15 is 0 Å². The van der Waals surface area contributed by atoms with E-state index in [-0.39, 0.29) is 29.7 Å². The first-order chi connectivity index (χ1) is 15.3. The van der Waals surface area contributed by atoms with E-state index in [9.17, 15) is 22.4 Å². The average molecular weight is 463 g/mol. The number of ether oxygens (including phenoxy) is 1.